The average Bonchev–Trinajstić information content (AvgIpc) is 2.82. The quantitative estimate of drug-likeness (QED) is 0.924. The molecule has 102 valence electrons. The lowest BCUT2D eigenvalue weighted by molar-refractivity contribution is 0.405. The summed E-state index contributed by atoms with van der Waals surface area (Å²) >= 11 is 1.43. The molecule has 4 nitrogen and oxygen atoms in total. The van der Waals surface area contributed by atoms with Gasteiger partial charge in [-0.05, 0) is 37.1 Å². The van der Waals surface area contributed by atoms with Crippen LogP contribution < -0.4 is 5.73 Å². The average molecular weight is 288 g/mol. The fourth-order valence-electron chi connectivity index (χ4n) is 2.69. The summed E-state index contributed by atoms with van der Waals surface area (Å²) in [5, 5.41) is 1.87. The van der Waals surface area contributed by atoms with Crippen LogP contribution in [0, 0.1) is 12.8 Å². The molecule has 2 atom stereocenters. The van der Waals surface area contributed by atoms with Crippen LogP contribution in [0.1, 0.15) is 30.7 Å². The van der Waals surface area contributed by atoms with Gasteiger partial charge in [0.05, 0.1) is 0 Å². The van der Waals surface area contributed by atoms with Gasteiger partial charge in [0, 0.05) is 24.0 Å². The standard InChI is InChI=1S/C12H20N2O2S2/c1-8-4-10(3)14(6-8)18(15,16)12-9(2)7-17-11(12)5-13/h7-8,10H,4-6,13H2,1-3H3. The van der Waals surface area contributed by atoms with Gasteiger partial charge in [-0.15, -0.1) is 11.3 Å². The van der Waals surface area contributed by atoms with Gasteiger partial charge in [0.25, 0.3) is 0 Å². The molecule has 2 N–H and O–H groups in total. The number of rotatable bonds is 3. The van der Waals surface area contributed by atoms with Crippen molar-refractivity contribution < 1.29 is 8.42 Å². The lowest BCUT2D eigenvalue weighted by Gasteiger charge is -2.21. The first-order chi connectivity index (χ1) is 8.37. The maximum Gasteiger partial charge on any atom is 0.244 e. The fourth-order valence-corrected chi connectivity index (χ4v) is 6.11. The molecule has 0 aliphatic carbocycles. The predicted octanol–water partition coefficient (Wildman–Crippen LogP) is 1.93. The Hall–Kier alpha value is -0.430. The van der Waals surface area contributed by atoms with E-state index < -0.39 is 10.0 Å². The van der Waals surface area contributed by atoms with E-state index in [0.717, 1.165) is 16.9 Å². The topological polar surface area (TPSA) is 63.4 Å². The van der Waals surface area contributed by atoms with Crippen molar-refractivity contribution in [1.29, 1.82) is 0 Å². The molecule has 2 rings (SSSR count). The Morgan fingerprint density at radius 1 is 1.50 bits per heavy atom. The third-order valence-electron chi connectivity index (χ3n) is 3.47. The van der Waals surface area contributed by atoms with Gasteiger partial charge in [0.2, 0.25) is 10.0 Å². The number of nitrogens with two attached hydrogens (primary N) is 1. The van der Waals surface area contributed by atoms with Crippen molar-refractivity contribution in [2.75, 3.05) is 6.54 Å². The first-order valence-corrected chi connectivity index (χ1v) is 8.48. The summed E-state index contributed by atoms with van der Waals surface area (Å²) in [5.41, 5.74) is 6.46. The summed E-state index contributed by atoms with van der Waals surface area (Å²) in [6, 6.07) is 0.0786. The van der Waals surface area contributed by atoms with Crippen LogP contribution in [0.4, 0.5) is 0 Å². The Bertz CT molecular complexity index is 536. The van der Waals surface area contributed by atoms with Gasteiger partial charge in [-0.1, -0.05) is 6.92 Å². The van der Waals surface area contributed by atoms with Crippen LogP contribution in [0.15, 0.2) is 10.3 Å². The third-order valence-corrected chi connectivity index (χ3v) is 6.93. The summed E-state index contributed by atoms with van der Waals surface area (Å²) < 4.78 is 27.1. The maximum atomic E-state index is 12.7. The molecule has 1 aliphatic heterocycles. The second-order valence-electron chi connectivity index (χ2n) is 5.14. The molecule has 1 aromatic heterocycles. The van der Waals surface area contributed by atoms with Gasteiger partial charge < -0.3 is 5.73 Å². The van der Waals surface area contributed by atoms with Crippen LogP contribution in [0.2, 0.25) is 0 Å². The highest BCUT2D eigenvalue weighted by molar-refractivity contribution is 7.89. The van der Waals surface area contributed by atoms with E-state index in [2.05, 4.69) is 6.92 Å². The van der Waals surface area contributed by atoms with Crippen LogP contribution >= 0.6 is 11.3 Å². The smallest absolute Gasteiger partial charge is 0.244 e. The largest absolute Gasteiger partial charge is 0.326 e. The van der Waals surface area contributed by atoms with Gasteiger partial charge in [-0.3, -0.25) is 0 Å². The molecule has 1 saturated heterocycles. The molecule has 0 spiro atoms. The summed E-state index contributed by atoms with van der Waals surface area (Å²) in [6.07, 6.45) is 0.931. The van der Waals surface area contributed by atoms with Gasteiger partial charge in [-0.25, -0.2) is 8.42 Å². The molecule has 2 heterocycles. The van der Waals surface area contributed by atoms with E-state index in [1.54, 1.807) is 4.31 Å². The molecule has 18 heavy (non-hydrogen) atoms. The SMILES string of the molecule is Cc1csc(CN)c1S(=O)(=O)N1CC(C)CC1C. The van der Waals surface area contributed by atoms with E-state index in [4.69, 9.17) is 5.73 Å². The number of nitrogens with zero attached hydrogens (tertiary/aromatic N) is 1. The minimum absolute atomic E-state index is 0.0786. The van der Waals surface area contributed by atoms with Crippen molar-refractivity contribution in [3.63, 3.8) is 0 Å². The zero-order valence-corrected chi connectivity index (χ0v) is 12.6. The second-order valence-corrected chi connectivity index (χ2v) is 7.93. The minimum atomic E-state index is -3.39. The van der Waals surface area contributed by atoms with Crippen molar-refractivity contribution in [2.45, 2.75) is 44.7 Å². The minimum Gasteiger partial charge on any atom is -0.326 e. The summed E-state index contributed by atoms with van der Waals surface area (Å²) in [7, 11) is -3.39. The molecule has 1 fully saturated rings. The Morgan fingerprint density at radius 3 is 2.67 bits per heavy atom. The first-order valence-electron chi connectivity index (χ1n) is 6.16. The van der Waals surface area contributed by atoms with E-state index in [1.807, 2.05) is 19.2 Å². The monoisotopic (exact) mass is 288 g/mol. The van der Waals surface area contributed by atoms with Gasteiger partial charge in [0.1, 0.15) is 4.90 Å². The Labute approximate surface area is 113 Å². The molecule has 0 saturated carbocycles. The van der Waals surface area contributed by atoms with Crippen LogP contribution in [-0.2, 0) is 16.6 Å². The highest BCUT2D eigenvalue weighted by Crippen LogP contribution is 2.34. The molecule has 6 heteroatoms. The van der Waals surface area contributed by atoms with Crippen molar-refractivity contribution in [1.82, 2.24) is 4.31 Å². The number of hydrogen-bond acceptors (Lipinski definition) is 4. The summed E-state index contributed by atoms with van der Waals surface area (Å²) in [4.78, 5) is 1.20. The molecule has 1 aromatic rings. The van der Waals surface area contributed by atoms with E-state index in [-0.39, 0.29) is 12.6 Å². The number of hydrogen-bond donors (Lipinski definition) is 1. The normalized spacial score (nSPS) is 25.8. The summed E-state index contributed by atoms with van der Waals surface area (Å²) in [5.74, 6) is 0.426. The predicted molar refractivity (Wildman–Crippen MR) is 74.1 cm³/mol. The van der Waals surface area contributed by atoms with Crippen LogP contribution in [0.3, 0.4) is 0 Å². The Kier molecular flexibility index (Phi) is 3.82. The molecule has 0 aromatic carbocycles. The van der Waals surface area contributed by atoms with E-state index in [9.17, 15) is 8.42 Å². The van der Waals surface area contributed by atoms with Crippen molar-refractivity contribution in [3.8, 4) is 0 Å². The van der Waals surface area contributed by atoms with Gasteiger partial charge in [-0.2, -0.15) is 4.31 Å². The fraction of sp³-hybridized carbons (Fsp3) is 0.667. The van der Waals surface area contributed by atoms with Crippen molar-refractivity contribution in [2.24, 2.45) is 11.7 Å². The molecule has 0 amide bonds. The highest BCUT2D eigenvalue weighted by Gasteiger charge is 2.38. The van der Waals surface area contributed by atoms with Crippen molar-refractivity contribution >= 4 is 21.4 Å². The second kappa shape index (κ2) is 4.92. The molecule has 1 aliphatic rings. The Balaban J connectivity index is 2.45. The number of sulfonamides is 1. The maximum absolute atomic E-state index is 12.7. The van der Waals surface area contributed by atoms with E-state index >= 15 is 0 Å². The van der Waals surface area contributed by atoms with E-state index in [0.29, 0.717) is 17.4 Å². The first kappa shape index (κ1) is 14.0. The molecule has 0 bridgehead atoms. The van der Waals surface area contributed by atoms with Gasteiger partial charge >= 0.3 is 0 Å². The van der Waals surface area contributed by atoms with Crippen LogP contribution in [0.25, 0.3) is 0 Å². The number of thiophene rings is 1. The molecular formula is C12H20N2O2S2. The third kappa shape index (κ3) is 2.22. The number of aryl methyl sites for hydroxylation is 1. The lowest BCUT2D eigenvalue weighted by Crippen LogP contribution is -2.34. The zero-order valence-electron chi connectivity index (χ0n) is 11.0. The Morgan fingerprint density at radius 2 is 2.17 bits per heavy atom. The molecular weight excluding hydrogens is 268 g/mol. The summed E-state index contributed by atoms with van der Waals surface area (Å²) in [6.45, 7) is 6.81. The highest BCUT2D eigenvalue weighted by atomic mass is 32.2. The van der Waals surface area contributed by atoms with E-state index in [1.165, 1.54) is 11.3 Å². The zero-order chi connectivity index (χ0) is 13.5. The molecule has 2 unspecified atom stereocenters. The van der Waals surface area contributed by atoms with Gasteiger partial charge in [0.15, 0.2) is 0 Å². The molecule has 0 radical (unpaired) electrons. The van der Waals surface area contributed by atoms with Crippen molar-refractivity contribution in [3.05, 3.63) is 15.8 Å². The van der Waals surface area contributed by atoms with Crippen LogP contribution in [0.5, 0.6) is 0 Å². The van der Waals surface area contributed by atoms with Crippen LogP contribution in [-0.4, -0.2) is 25.3 Å². The lowest BCUT2D eigenvalue weighted by atomic mass is 10.1.